The van der Waals surface area contributed by atoms with Gasteiger partial charge >= 0.3 is 0 Å². The molecule has 1 atom stereocenters. The van der Waals surface area contributed by atoms with Crippen LogP contribution >= 0.6 is 12.4 Å². The quantitative estimate of drug-likeness (QED) is 0.700. The van der Waals surface area contributed by atoms with E-state index in [0.29, 0.717) is 0 Å². The van der Waals surface area contributed by atoms with Gasteiger partial charge in [0.15, 0.2) is 0 Å². The first kappa shape index (κ1) is 17.6. The summed E-state index contributed by atoms with van der Waals surface area (Å²) in [5.74, 6) is 3.22. The van der Waals surface area contributed by atoms with Crippen LogP contribution in [0.2, 0.25) is 0 Å². The molecule has 0 radical (unpaired) electrons. The van der Waals surface area contributed by atoms with E-state index in [2.05, 4.69) is 5.32 Å². The molecule has 0 aromatic carbocycles. The fourth-order valence-corrected chi connectivity index (χ4v) is 5.35. The smallest absolute Gasteiger partial charge is 0.00699 e. The molecule has 3 fully saturated rings. The minimum Gasteiger partial charge on any atom is -0.314 e. The zero-order chi connectivity index (χ0) is 13.6. The maximum Gasteiger partial charge on any atom is 0.00699 e. The molecule has 1 unspecified atom stereocenters. The molecule has 1 aliphatic heterocycles. The van der Waals surface area contributed by atoms with Crippen molar-refractivity contribution in [2.75, 3.05) is 6.54 Å². The fourth-order valence-electron chi connectivity index (χ4n) is 5.35. The van der Waals surface area contributed by atoms with Gasteiger partial charge in [-0.2, -0.15) is 0 Å². The summed E-state index contributed by atoms with van der Waals surface area (Å²) in [6.07, 6.45) is 21.1. The van der Waals surface area contributed by atoms with Crippen LogP contribution in [-0.4, -0.2) is 12.6 Å². The van der Waals surface area contributed by atoms with E-state index >= 15 is 0 Å². The molecule has 1 nitrogen and oxygen atoms in total. The molecule has 0 aromatic heterocycles. The van der Waals surface area contributed by atoms with Crippen LogP contribution in [0.5, 0.6) is 0 Å². The summed E-state index contributed by atoms with van der Waals surface area (Å²) < 4.78 is 0. The van der Waals surface area contributed by atoms with Crippen LogP contribution in [0, 0.1) is 17.8 Å². The van der Waals surface area contributed by atoms with Crippen molar-refractivity contribution >= 4 is 12.4 Å². The minimum absolute atomic E-state index is 0. The molecular weight excluding hydrogens is 278 g/mol. The van der Waals surface area contributed by atoms with Gasteiger partial charge in [-0.25, -0.2) is 0 Å². The van der Waals surface area contributed by atoms with Crippen LogP contribution in [0.3, 0.4) is 0 Å². The highest BCUT2D eigenvalue weighted by molar-refractivity contribution is 5.85. The molecule has 0 amide bonds. The van der Waals surface area contributed by atoms with Gasteiger partial charge in [-0.1, -0.05) is 70.6 Å². The van der Waals surface area contributed by atoms with Crippen molar-refractivity contribution in [1.82, 2.24) is 5.32 Å². The summed E-state index contributed by atoms with van der Waals surface area (Å²) in [6, 6.07) is 0.859. The van der Waals surface area contributed by atoms with Gasteiger partial charge in [0.1, 0.15) is 0 Å². The first-order valence-corrected chi connectivity index (χ1v) is 9.67. The molecule has 2 heteroatoms. The third-order valence-electron chi connectivity index (χ3n) is 6.48. The zero-order valence-corrected chi connectivity index (χ0v) is 14.6. The third kappa shape index (κ3) is 5.13. The van der Waals surface area contributed by atoms with E-state index in [1.54, 1.807) is 25.7 Å². The Morgan fingerprint density at radius 1 is 0.667 bits per heavy atom. The van der Waals surface area contributed by atoms with Gasteiger partial charge in [-0.15, -0.1) is 12.4 Å². The molecule has 3 aliphatic rings. The van der Waals surface area contributed by atoms with Crippen LogP contribution in [0.25, 0.3) is 0 Å². The normalized spacial score (nSPS) is 29.3. The highest BCUT2D eigenvalue weighted by Gasteiger charge is 2.33. The van der Waals surface area contributed by atoms with Crippen LogP contribution in [0.1, 0.15) is 89.9 Å². The first-order valence-electron chi connectivity index (χ1n) is 9.67. The molecule has 1 saturated heterocycles. The van der Waals surface area contributed by atoms with E-state index in [4.69, 9.17) is 0 Å². The second-order valence-corrected chi connectivity index (χ2v) is 7.84. The van der Waals surface area contributed by atoms with Crippen LogP contribution < -0.4 is 5.32 Å². The lowest BCUT2D eigenvalue weighted by molar-refractivity contribution is 0.118. The van der Waals surface area contributed by atoms with Gasteiger partial charge in [-0.3, -0.25) is 0 Å². The highest BCUT2D eigenvalue weighted by atomic mass is 35.5. The van der Waals surface area contributed by atoms with Crippen molar-refractivity contribution in [3.8, 4) is 0 Å². The summed E-state index contributed by atoms with van der Waals surface area (Å²) in [6.45, 7) is 1.28. The monoisotopic (exact) mass is 313 g/mol. The number of rotatable bonds is 4. The maximum absolute atomic E-state index is 3.83. The minimum atomic E-state index is 0. The molecule has 0 spiro atoms. The molecule has 1 N–H and O–H groups in total. The Morgan fingerprint density at radius 2 is 1.19 bits per heavy atom. The van der Waals surface area contributed by atoms with Crippen LogP contribution in [0.15, 0.2) is 0 Å². The zero-order valence-electron chi connectivity index (χ0n) is 13.8. The lowest BCUT2D eigenvalue weighted by Gasteiger charge is -2.40. The highest BCUT2D eigenvalue weighted by Crippen LogP contribution is 2.42. The lowest BCUT2D eigenvalue weighted by atomic mass is 9.67. The SMILES string of the molecule is C1CCC(C(CC2CCCCN2)C2CCCCC2)CC1.Cl. The fraction of sp³-hybridized carbons (Fsp3) is 1.00. The Kier molecular flexibility index (Phi) is 7.88. The van der Waals surface area contributed by atoms with Gasteiger partial charge in [0.05, 0.1) is 0 Å². The number of hydrogen-bond acceptors (Lipinski definition) is 1. The molecule has 2 aliphatic carbocycles. The molecule has 3 rings (SSSR count). The third-order valence-corrected chi connectivity index (χ3v) is 6.48. The predicted octanol–water partition coefficient (Wildman–Crippen LogP) is 5.72. The van der Waals surface area contributed by atoms with E-state index in [0.717, 1.165) is 23.8 Å². The molecule has 1 heterocycles. The Bertz CT molecular complexity index is 245. The lowest BCUT2D eigenvalue weighted by Crippen LogP contribution is -2.39. The second kappa shape index (κ2) is 9.40. The number of nitrogens with one attached hydrogen (secondary N) is 1. The Balaban J connectivity index is 0.00000161. The molecular formula is C19H36ClN. The van der Waals surface area contributed by atoms with Crippen molar-refractivity contribution < 1.29 is 0 Å². The van der Waals surface area contributed by atoms with Crippen molar-refractivity contribution in [1.29, 1.82) is 0 Å². The van der Waals surface area contributed by atoms with E-state index in [1.807, 2.05) is 0 Å². The maximum atomic E-state index is 3.83. The summed E-state index contributed by atoms with van der Waals surface area (Å²) in [5.41, 5.74) is 0. The van der Waals surface area contributed by atoms with E-state index < -0.39 is 0 Å². The number of halogens is 1. The van der Waals surface area contributed by atoms with E-state index in [9.17, 15) is 0 Å². The summed E-state index contributed by atoms with van der Waals surface area (Å²) in [7, 11) is 0. The second-order valence-electron chi connectivity index (χ2n) is 7.84. The summed E-state index contributed by atoms with van der Waals surface area (Å²) >= 11 is 0. The van der Waals surface area contributed by atoms with Crippen LogP contribution in [0.4, 0.5) is 0 Å². The van der Waals surface area contributed by atoms with Crippen LogP contribution in [-0.2, 0) is 0 Å². The summed E-state index contributed by atoms with van der Waals surface area (Å²) in [4.78, 5) is 0. The Morgan fingerprint density at radius 3 is 1.67 bits per heavy atom. The summed E-state index contributed by atoms with van der Waals surface area (Å²) in [5, 5.41) is 3.83. The van der Waals surface area contributed by atoms with Gasteiger partial charge in [0.2, 0.25) is 0 Å². The molecule has 0 bridgehead atoms. The van der Waals surface area contributed by atoms with Gasteiger partial charge in [0.25, 0.3) is 0 Å². The van der Waals surface area contributed by atoms with Crippen molar-refractivity contribution in [2.45, 2.75) is 95.9 Å². The molecule has 124 valence electrons. The average Bonchev–Trinajstić information content (AvgIpc) is 2.55. The molecule has 2 saturated carbocycles. The topological polar surface area (TPSA) is 12.0 Å². The number of piperidine rings is 1. The van der Waals surface area contributed by atoms with E-state index in [1.165, 1.54) is 70.8 Å². The van der Waals surface area contributed by atoms with Crippen molar-refractivity contribution in [3.05, 3.63) is 0 Å². The van der Waals surface area contributed by atoms with Crippen molar-refractivity contribution in [3.63, 3.8) is 0 Å². The number of hydrogen-bond donors (Lipinski definition) is 1. The molecule has 0 aromatic rings. The standard InChI is InChI=1S/C19H35N.ClH/c1-3-9-16(10-4-1)19(17-11-5-2-6-12-17)15-18-13-7-8-14-20-18;/h16-20H,1-15H2;1H. The molecule has 21 heavy (non-hydrogen) atoms. The Labute approximate surface area is 138 Å². The van der Waals surface area contributed by atoms with Gasteiger partial charge < -0.3 is 5.32 Å². The van der Waals surface area contributed by atoms with Gasteiger partial charge in [0, 0.05) is 6.04 Å². The average molecular weight is 314 g/mol. The van der Waals surface area contributed by atoms with Gasteiger partial charge in [-0.05, 0) is 43.6 Å². The predicted molar refractivity (Wildman–Crippen MR) is 94.1 cm³/mol. The van der Waals surface area contributed by atoms with Crippen molar-refractivity contribution in [2.24, 2.45) is 17.8 Å². The first-order chi connectivity index (χ1) is 9.93. The Hall–Kier alpha value is 0.250. The van der Waals surface area contributed by atoms with E-state index in [-0.39, 0.29) is 12.4 Å². The largest absolute Gasteiger partial charge is 0.314 e.